The number of likely N-dealkylation sites (tertiary alicyclic amines) is 1. The first-order chi connectivity index (χ1) is 10.1. The Balaban J connectivity index is 1.73. The first-order valence-corrected chi connectivity index (χ1v) is 7.09. The van der Waals surface area contributed by atoms with E-state index >= 15 is 0 Å². The third-order valence-corrected chi connectivity index (χ3v) is 3.85. The molecule has 6 heteroatoms. The molecule has 1 atom stereocenters. The van der Waals surface area contributed by atoms with E-state index in [4.69, 9.17) is 16.0 Å². The van der Waals surface area contributed by atoms with Crippen LogP contribution in [0.4, 0.5) is 14.9 Å². The van der Waals surface area contributed by atoms with Crippen molar-refractivity contribution in [1.82, 2.24) is 4.90 Å². The fraction of sp³-hybridized carbons (Fsp3) is 0.267. The van der Waals surface area contributed by atoms with Crippen molar-refractivity contribution in [2.75, 3.05) is 11.9 Å². The highest BCUT2D eigenvalue weighted by atomic mass is 35.5. The van der Waals surface area contributed by atoms with Gasteiger partial charge in [0.1, 0.15) is 11.6 Å². The zero-order valence-corrected chi connectivity index (χ0v) is 11.9. The Bertz CT molecular complexity index is 645. The number of rotatable bonds is 2. The van der Waals surface area contributed by atoms with Gasteiger partial charge in [-0.05, 0) is 43.2 Å². The number of furan rings is 1. The van der Waals surface area contributed by atoms with E-state index < -0.39 is 5.82 Å². The number of urea groups is 1. The Morgan fingerprint density at radius 1 is 1.43 bits per heavy atom. The number of nitrogens with one attached hydrogen (secondary N) is 1. The van der Waals surface area contributed by atoms with Crippen LogP contribution in [-0.4, -0.2) is 17.5 Å². The molecule has 0 saturated carbocycles. The van der Waals surface area contributed by atoms with Gasteiger partial charge in [-0.1, -0.05) is 11.6 Å². The quantitative estimate of drug-likeness (QED) is 0.891. The predicted octanol–water partition coefficient (Wildman–Crippen LogP) is 4.44. The molecule has 2 amide bonds. The Kier molecular flexibility index (Phi) is 3.84. The lowest BCUT2D eigenvalue weighted by molar-refractivity contribution is 0.200. The average Bonchev–Trinajstić information content (AvgIpc) is 3.12. The van der Waals surface area contributed by atoms with Gasteiger partial charge in [-0.25, -0.2) is 9.18 Å². The number of hydrogen-bond acceptors (Lipinski definition) is 2. The van der Waals surface area contributed by atoms with Gasteiger partial charge in [0.2, 0.25) is 0 Å². The standard InChI is InChI=1S/C15H14ClFN2O2/c16-11-9-10(5-6-12(11)17)18-15(20)19-7-1-3-13(19)14-4-2-8-21-14/h2,4-6,8-9,13H,1,3,7H2,(H,18,20)/t13-/m1/s1. The van der Waals surface area contributed by atoms with Crippen LogP contribution in [0.25, 0.3) is 0 Å². The molecule has 1 aromatic heterocycles. The van der Waals surface area contributed by atoms with E-state index in [1.54, 1.807) is 11.2 Å². The van der Waals surface area contributed by atoms with Crippen LogP contribution in [0.1, 0.15) is 24.6 Å². The van der Waals surface area contributed by atoms with E-state index in [1.807, 2.05) is 12.1 Å². The molecule has 0 unspecified atom stereocenters. The predicted molar refractivity (Wildman–Crippen MR) is 77.8 cm³/mol. The SMILES string of the molecule is O=C(Nc1ccc(F)c(Cl)c1)N1CCC[C@@H]1c1ccco1. The number of nitrogens with zero attached hydrogens (tertiary/aromatic N) is 1. The Hall–Kier alpha value is -2.01. The Morgan fingerprint density at radius 3 is 3.00 bits per heavy atom. The molecule has 3 rings (SSSR count). The smallest absolute Gasteiger partial charge is 0.322 e. The lowest BCUT2D eigenvalue weighted by atomic mass is 10.2. The van der Waals surface area contributed by atoms with E-state index in [2.05, 4.69) is 5.32 Å². The van der Waals surface area contributed by atoms with Crippen molar-refractivity contribution in [3.63, 3.8) is 0 Å². The minimum absolute atomic E-state index is 0.0168. The molecule has 0 aliphatic carbocycles. The average molecular weight is 309 g/mol. The monoisotopic (exact) mass is 308 g/mol. The molecule has 1 aliphatic rings. The maximum absolute atomic E-state index is 13.1. The molecule has 0 bridgehead atoms. The molecule has 1 aliphatic heterocycles. The lowest BCUT2D eigenvalue weighted by Crippen LogP contribution is -2.34. The second-order valence-corrected chi connectivity index (χ2v) is 5.33. The van der Waals surface area contributed by atoms with E-state index in [1.165, 1.54) is 18.2 Å². The topological polar surface area (TPSA) is 45.5 Å². The molecule has 2 heterocycles. The van der Waals surface area contributed by atoms with Gasteiger partial charge in [0.25, 0.3) is 0 Å². The fourth-order valence-corrected chi connectivity index (χ4v) is 2.74. The van der Waals surface area contributed by atoms with Crippen molar-refractivity contribution < 1.29 is 13.6 Å². The molecular formula is C15H14ClFN2O2. The highest BCUT2D eigenvalue weighted by Gasteiger charge is 2.31. The molecule has 21 heavy (non-hydrogen) atoms. The summed E-state index contributed by atoms with van der Waals surface area (Å²) in [6.07, 6.45) is 3.39. The van der Waals surface area contributed by atoms with Gasteiger partial charge in [0, 0.05) is 12.2 Å². The van der Waals surface area contributed by atoms with Gasteiger partial charge in [-0.15, -0.1) is 0 Å². The molecule has 0 spiro atoms. The number of carbonyl (C=O) groups excluding carboxylic acids is 1. The second kappa shape index (κ2) is 5.77. The summed E-state index contributed by atoms with van der Waals surface area (Å²) in [5.41, 5.74) is 0.469. The first kappa shape index (κ1) is 13.9. The minimum Gasteiger partial charge on any atom is -0.467 e. The molecule has 1 saturated heterocycles. The highest BCUT2D eigenvalue weighted by Crippen LogP contribution is 2.32. The van der Waals surface area contributed by atoms with Gasteiger partial charge < -0.3 is 14.6 Å². The van der Waals surface area contributed by atoms with Crippen LogP contribution in [0.3, 0.4) is 0 Å². The number of hydrogen-bond donors (Lipinski definition) is 1. The third kappa shape index (κ3) is 2.88. The Labute approximate surface area is 126 Å². The van der Waals surface area contributed by atoms with Crippen LogP contribution in [-0.2, 0) is 0 Å². The van der Waals surface area contributed by atoms with E-state index in [0.717, 1.165) is 18.6 Å². The van der Waals surface area contributed by atoms with Gasteiger partial charge in [-0.3, -0.25) is 0 Å². The molecule has 1 fully saturated rings. The molecule has 0 radical (unpaired) electrons. The van der Waals surface area contributed by atoms with Crippen LogP contribution >= 0.6 is 11.6 Å². The maximum Gasteiger partial charge on any atom is 0.322 e. The summed E-state index contributed by atoms with van der Waals surface area (Å²) in [6.45, 7) is 0.659. The molecular weight excluding hydrogens is 295 g/mol. The zero-order valence-electron chi connectivity index (χ0n) is 11.2. The van der Waals surface area contributed by atoms with Crippen molar-refractivity contribution in [3.8, 4) is 0 Å². The van der Waals surface area contributed by atoms with Gasteiger partial charge in [0.05, 0.1) is 17.3 Å². The van der Waals surface area contributed by atoms with Crippen LogP contribution < -0.4 is 5.32 Å². The normalized spacial score (nSPS) is 18.0. The van der Waals surface area contributed by atoms with Crippen molar-refractivity contribution >= 4 is 23.3 Å². The molecule has 1 N–H and O–H groups in total. The van der Waals surface area contributed by atoms with Crippen molar-refractivity contribution in [1.29, 1.82) is 0 Å². The summed E-state index contributed by atoms with van der Waals surface area (Å²) in [6, 6.07) is 7.48. The number of halogens is 2. The van der Waals surface area contributed by atoms with Gasteiger partial charge >= 0.3 is 6.03 Å². The minimum atomic E-state index is -0.510. The van der Waals surface area contributed by atoms with Crippen molar-refractivity contribution in [2.45, 2.75) is 18.9 Å². The summed E-state index contributed by atoms with van der Waals surface area (Å²) >= 11 is 5.71. The largest absolute Gasteiger partial charge is 0.467 e. The van der Waals surface area contributed by atoms with Gasteiger partial charge in [-0.2, -0.15) is 0 Å². The van der Waals surface area contributed by atoms with Crippen molar-refractivity contribution in [3.05, 3.63) is 53.2 Å². The summed E-state index contributed by atoms with van der Waals surface area (Å²) < 4.78 is 18.5. The maximum atomic E-state index is 13.1. The van der Waals surface area contributed by atoms with Crippen LogP contribution in [0.5, 0.6) is 0 Å². The van der Waals surface area contributed by atoms with Crippen LogP contribution in [0.15, 0.2) is 41.0 Å². The summed E-state index contributed by atoms with van der Waals surface area (Å²) in [4.78, 5) is 14.1. The van der Waals surface area contributed by atoms with E-state index in [9.17, 15) is 9.18 Å². The summed E-state index contributed by atoms with van der Waals surface area (Å²) in [7, 11) is 0. The van der Waals surface area contributed by atoms with Crippen LogP contribution in [0, 0.1) is 5.82 Å². The third-order valence-electron chi connectivity index (χ3n) is 3.56. The van der Waals surface area contributed by atoms with Crippen molar-refractivity contribution in [2.24, 2.45) is 0 Å². The lowest BCUT2D eigenvalue weighted by Gasteiger charge is -2.23. The molecule has 110 valence electrons. The van der Waals surface area contributed by atoms with E-state index in [-0.39, 0.29) is 17.1 Å². The van der Waals surface area contributed by atoms with Crippen LogP contribution in [0.2, 0.25) is 5.02 Å². The number of amides is 2. The fourth-order valence-electron chi connectivity index (χ4n) is 2.56. The molecule has 2 aromatic rings. The molecule has 1 aromatic carbocycles. The molecule has 4 nitrogen and oxygen atoms in total. The Morgan fingerprint density at radius 2 is 2.29 bits per heavy atom. The summed E-state index contributed by atoms with van der Waals surface area (Å²) in [5, 5.41) is 2.72. The zero-order chi connectivity index (χ0) is 14.8. The first-order valence-electron chi connectivity index (χ1n) is 6.71. The number of anilines is 1. The number of carbonyl (C=O) groups is 1. The highest BCUT2D eigenvalue weighted by molar-refractivity contribution is 6.31. The second-order valence-electron chi connectivity index (χ2n) is 4.93. The van der Waals surface area contributed by atoms with E-state index in [0.29, 0.717) is 12.2 Å². The number of benzene rings is 1. The van der Waals surface area contributed by atoms with Gasteiger partial charge in [0.15, 0.2) is 0 Å². The summed E-state index contributed by atoms with van der Waals surface area (Å²) in [5.74, 6) is 0.268.